The summed E-state index contributed by atoms with van der Waals surface area (Å²) < 4.78 is 0. The van der Waals surface area contributed by atoms with Gasteiger partial charge >= 0.3 is 0 Å². The highest BCUT2D eigenvalue weighted by Gasteiger charge is 2.24. The highest BCUT2D eigenvalue weighted by molar-refractivity contribution is 7.75. The lowest BCUT2D eigenvalue weighted by molar-refractivity contribution is 0.561. The molecule has 0 heterocycles. The van der Waals surface area contributed by atoms with Gasteiger partial charge in [0.1, 0.15) is 0 Å². The average Bonchev–Trinajstić information content (AvgIpc) is 3.15. The highest BCUT2D eigenvalue weighted by atomic mass is 31.2. The minimum Gasteiger partial charge on any atom is -0.0994 e. The fourth-order valence-corrected chi connectivity index (χ4v) is 16.1. The van der Waals surface area contributed by atoms with Crippen molar-refractivity contribution >= 4 is 15.8 Å². The van der Waals surface area contributed by atoms with Gasteiger partial charge in [-0.1, -0.05) is 282 Å². The monoisotopic (exact) mass is 767 g/mol. The molecule has 0 nitrogen and oxygen atoms in total. The molecule has 0 N–H and O–H groups in total. The Balaban J connectivity index is 4.92. The molecule has 0 aliphatic rings. The normalized spacial score (nSPS) is 12.0. The minimum atomic E-state index is 0.223. The van der Waals surface area contributed by atoms with Gasteiger partial charge in [0.05, 0.1) is 0 Å². The Labute approximate surface area is 336 Å². The van der Waals surface area contributed by atoms with Crippen molar-refractivity contribution in [3.05, 3.63) is 0 Å². The number of hydrogen-bond donors (Lipinski definition) is 0. The molecular weight excluding hydrogens is 662 g/mol. The van der Waals surface area contributed by atoms with E-state index in [2.05, 4.69) is 34.6 Å². The molecule has 0 bridgehead atoms. The lowest BCUT2D eigenvalue weighted by atomic mass is 10.1. The molecule has 0 aromatic carbocycles. The Morgan fingerprint density at radius 2 is 0.346 bits per heavy atom. The third-order valence-electron chi connectivity index (χ3n) is 12.3. The van der Waals surface area contributed by atoms with Crippen LogP contribution in [0.1, 0.15) is 291 Å². The van der Waals surface area contributed by atoms with Crippen LogP contribution in [0.3, 0.4) is 0 Å². The fraction of sp³-hybridized carbons (Fsp3) is 1.00. The molecule has 0 aromatic heterocycles. The molecular formula is C50H104P2. The predicted molar refractivity (Wildman–Crippen MR) is 250 cm³/mol. The topological polar surface area (TPSA) is 0 Å². The maximum atomic E-state index is 2.80. The summed E-state index contributed by atoms with van der Waals surface area (Å²) in [6, 6.07) is 0. The Morgan fingerprint density at radius 3 is 0.500 bits per heavy atom. The van der Waals surface area contributed by atoms with Gasteiger partial charge in [-0.2, -0.15) is 0 Å². The maximum absolute atomic E-state index is 2.80. The largest absolute Gasteiger partial charge is 0.0994 e. The standard InChI is InChI=1S/C50H104P2/c1-6-10-14-18-22-26-30-34-38-42-46-51(47-43-39-35-31-27-23-19-15-11-7-2)50(5)52(48-44-40-36-32-28-24-20-16-12-8-3)49-45-41-37-33-29-25-21-17-13-9-4/h50H,6-49H2,1-5H3. The molecule has 0 aromatic rings. The van der Waals surface area contributed by atoms with Crippen molar-refractivity contribution in [3.63, 3.8) is 0 Å². The van der Waals surface area contributed by atoms with Crippen LogP contribution in [0.4, 0.5) is 0 Å². The molecule has 0 atom stereocenters. The lowest BCUT2D eigenvalue weighted by Crippen LogP contribution is -2.09. The van der Waals surface area contributed by atoms with E-state index in [4.69, 9.17) is 0 Å². The van der Waals surface area contributed by atoms with Gasteiger partial charge in [0.25, 0.3) is 0 Å². The number of hydrogen-bond acceptors (Lipinski definition) is 0. The smallest absolute Gasteiger partial charge is 0.00342 e. The average molecular weight is 767 g/mol. The van der Waals surface area contributed by atoms with Gasteiger partial charge in [-0.25, -0.2) is 0 Å². The van der Waals surface area contributed by atoms with Crippen LogP contribution in [0.25, 0.3) is 0 Å². The third kappa shape index (κ3) is 39.1. The lowest BCUT2D eigenvalue weighted by Gasteiger charge is -2.33. The van der Waals surface area contributed by atoms with Crippen LogP contribution >= 0.6 is 15.8 Å². The SMILES string of the molecule is CCCCCCCCCCCCP(CCCCCCCCCCCC)C(C)P(CCCCCCCCCCCC)CCCCCCCCCCCC. The zero-order valence-corrected chi connectivity index (χ0v) is 39.4. The maximum Gasteiger partial charge on any atom is -0.00342 e. The molecule has 0 unspecified atom stereocenters. The molecule has 0 amide bonds. The summed E-state index contributed by atoms with van der Waals surface area (Å²) in [5.41, 5.74) is 0. The first kappa shape index (κ1) is 52.9. The summed E-state index contributed by atoms with van der Waals surface area (Å²) in [7, 11) is 0.446. The molecule has 314 valence electrons. The van der Waals surface area contributed by atoms with Crippen molar-refractivity contribution in [1.29, 1.82) is 0 Å². The first-order chi connectivity index (χ1) is 25.7. The van der Waals surface area contributed by atoms with E-state index in [9.17, 15) is 0 Å². The van der Waals surface area contributed by atoms with Crippen molar-refractivity contribution < 1.29 is 0 Å². The molecule has 0 spiro atoms. The Bertz CT molecular complexity index is 519. The van der Waals surface area contributed by atoms with E-state index in [1.807, 2.05) is 0 Å². The van der Waals surface area contributed by atoms with Gasteiger partial charge in [-0.3, -0.25) is 0 Å². The summed E-state index contributed by atoms with van der Waals surface area (Å²) in [5, 5.41) is 1.07. The molecule has 0 aliphatic heterocycles. The van der Waals surface area contributed by atoms with E-state index in [0.29, 0.717) is 0 Å². The first-order valence-electron chi connectivity index (χ1n) is 25.2. The van der Waals surface area contributed by atoms with E-state index in [0.717, 1.165) is 5.40 Å². The van der Waals surface area contributed by atoms with Crippen LogP contribution < -0.4 is 0 Å². The summed E-state index contributed by atoms with van der Waals surface area (Å²) in [5.74, 6) is 0. The van der Waals surface area contributed by atoms with Crippen molar-refractivity contribution in [1.82, 2.24) is 0 Å². The summed E-state index contributed by atoms with van der Waals surface area (Å²) >= 11 is 0. The highest BCUT2D eigenvalue weighted by Crippen LogP contribution is 2.59. The molecule has 2 heteroatoms. The van der Waals surface area contributed by atoms with Gasteiger partial charge in [-0.15, -0.1) is 0 Å². The molecule has 0 aliphatic carbocycles. The zero-order chi connectivity index (χ0) is 37.8. The number of rotatable bonds is 46. The van der Waals surface area contributed by atoms with Crippen molar-refractivity contribution in [2.45, 2.75) is 297 Å². The number of unbranched alkanes of at least 4 members (excludes halogenated alkanes) is 36. The van der Waals surface area contributed by atoms with Gasteiger partial charge < -0.3 is 0 Å². The quantitative estimate of drug-likeness (QED) is 0.0428. The molecule has 0 saturated heterocycles. The molecule has 52 heavy (non-hydrogen) atoms. The van der Waals surface area contributed by atoms with E-state index in [1.54, 1.807) is 50.3 Å². The Kier molecular flexibility index (Phi) is 47.0. The van der Waals surface area contributed by atoms with Gasteiger partial charge in [0.2, 0.25) is 0 Å². The van der Waals surface area contributed by atoms with E-state index >= 15 is 0 Å². The van der Waals surface area contributed by atoms with E-state index < -0.39 is 0 Å². The molecule has 0 fully saturated rings. The molecule has 0 radical (unpaired) electrons. The van der Waals surface area contributed by atoms with Crippen LogP contribution in [-0.2, 0) is 0 Å². The van der Waals surface area contributed by atoms with Gasteiger partial charge in [-0.05, 0) is 55.7 Å². The Hall–Kier alpha value is 0.860. The minimum absolute atomic E-state index is 0.223. The van der Waals surface area contributed by atoms with Crippen LogP contribution in [0, 0.1) is 0 Å². The second-order valence-electron chi connectivity index (χ2n) is 17.4. The van der Waals surface area contributed by atoms with E-state index in [-0.39, 0.29) is 15.8 Å². The van der Waals surface area contributed by atoms with Crippen molar-refractivity contribution in [2.24, 2.45) is 0 Å². The van der Waals surface area contributed by atoms with Crippen LogP contribution in [0.15, 0.2) is 0 Å². The summed E-state index contributed by atoms with van der Waals surface area (Å²) in [6.07, 6.45) is 65.8. The van der Waals surface area contributed by atoms with Gasteiger partial charge in [0, 0.05) is 0 Å². The molecule has 0 saturated carbocycles. The fourth-order valence-electron chi connectivity index (χ4n) is 8.41. The van der Waals surface area contributed by atoms with Crippen LogP contribution in [0.5, 0.6) is 0 Å². The Morgan fingerprint density at radius 1 is 0.212 bits per heavy atom. The van der Waals surface area contributed by atoms with Crippen molar-refractivity contribution in [2.75, 3.05) is 24.6 Å². The second-order valence-corrected chi connectivity index (χ2v) is 23.5. The molecule has 0 rings (SSSR count). The summed E-state index contributed by atoms with van der Waals surface area (Å²) in [4.78, 5) is 0. The predicted octanol–water partition coefficient (Wildman–Crippen LogP) is 20.0. The second kappa shape index (κ2) is 46.2. The zero-order valence-electron chi connectivity index (χ0n) is 37.6. The van der Waals surface area contributed by atoms with Crippen LogP contribution in [-0.4, -0.2) is 30.0 Å². The first-order valence-corrected chi connectivity index (χ1v) is 28.7. The van der Waals surface area contributed by atoms with Crippen LogP contribution in [0.2, 0.25) is 0 Å². The summed E-state index contributed by atoms with van der Waals surface area (Å²) in [6.45, 7) is 12.2. The third-order valence-corrected chi connectivity index (χ3v) is 19.9. The van der Waals surface area contributed by atoms with E-state index in [1.165, 1.54) is 231 Å². The van der Waals surface area contributed by atoms with Crippen molar-refractivity contribution in [3.8, 4) is 0 Å². The van der Waals surface area contributed by atoms with Gasteiger partial charge in [0.15, 0.2) is 0 Å².